The maximum Gasteiger partial charge on any atom is 0.189 e. The van der Waals surface area contributed by atoms with Gasteiger partial charge in [-0.2, -0.15) is 0 Å². The Morgan fingerprint density at radius 1 is 0.913 bits per heavy atom. The van der Waals surface area contributed by atoms with Crippen molar-refractivity contribution in [3.63, 3.8) is 0 Å². The molecule has 0 saturated heterocycles. The van der Waals surface area contributed by atoms with Crippen molar-refractivity contribution in [3.05, 3.63) is 29.8 Å². The average Bonchev–Trinajstić information content (AvgIpc) is 2.60. The minimum Gasteiger partial charge on any atom is -0.468 e. The first-order valence-electron chi connectivity index (χ1n) is 9.61. The maximum absolute atomic E-state index is 5.52. The van der Waals surface area contributed by atoms with Crippen molar-refractivity contribution in [2.24, 2.45) is 11.8 Å². The van der Waals surface area contributed by atoms with Crippen molar-refractivity contribution in [3.8, 4) is 5.75 Å². The number of rotatable bonds is 10. The van der Waals surface area contributed by atoms with Gasteiger partial charge < -0.3 is 9.47 Å². The minimum atomic E-state index is 0.344. The Kier molecular flexibility index (Phi) is 8.52. The molecule has 1 fully saturated rings. The summed E-state index contributed by atoms with van der Waals surface area (Å²) < 4.78 is 10.7. The summed E-state index contributed by atoms with van der Waals surface area (Å²) in [6, 6.07) is 8.54. The molecule has 130 valence electrons. The number of hydrogen-bond donors (Lipinski definition) is 0. The van der Waals surface area contributed by atoms with Crippen LogP contribution in [0.15, 0.2) is 24.3 Å². The minimum absolute atomic E-state index is 0.344. The summed E-state index contributed by atoms with van der Waals surface area (Å²) in [4.78, 5) is 0. The van der Waals surface area contributed by atoms with Crippen LogP contribution < -0.4 is 4.74 Å². The van der Waals surface area contributed by atoms with Gasteiger partial charge in [0, 0.05) is 6.61 Å². The van der Waals surface area contributed by atoms with Gasteiger partial charge in [0.1, 0.15) is 5.75 Å². The third-order valence-corrected chi connectivity index (χ3v) is 5.21. The summed E-state index contributed by atoms with van der Waals surface area (Å²) in [5.41, 5.74) is 1.43. The summed E-state index contributed by atoms with van der Waals surface area (Å²) in [6.45, 7) is 5.32. The van der Waals surface area contributed by atoms with Gasteiger partial charge in [-0.15, -0.1) is 0 Å². The topological polar surface area (TPSA) is 18.5 Å². The van der Waals surface area contributed by atoms with E-state index in [2.05, 4.69) is 31.2 Å². The molecule has 0 aliphatic heterocycles. The molecule has 2 rings (SSSR count). The van der Waals surface area contributed by atoms with E-state index in [0.29, 0.717) is 13.4 Å². The van der Waals surface area contributed by atoms with E-state index in [1.165, 1.54) is 63.4 Å². The van der Waals surface area contributed by atoms with E-state index in [9.17, 15) is 0 Å². The Morgan fingerprint density at radius 2 is 1.57 bits per heavy atom. The summed E-state index contributed by atoms with van der Waals surface area (Å²) in [6.07, 6.45) is 12.6. The molecule has 1 aliphatic rings. The molecule has 0 heterocycles. The van der Waals surface area contributed by atoms with Crippen LogP contribution in [-0.2, 0) is 11.2 Å². The summed E-state index contributed by atoms with van der Waals surface area (Å²) in [5.74, 6) is 2.87. The van der Waals surface area contributed by atoms with Gasteiger partial charge in [0.2, 0.25) is 0 Å². The molecule has 0 radical (unpaired) electrons. The molecule has 0 amide bonds. The summed E-state index contributed by atoms with van der Waals surface area (Å²) in [7, 11) is 0. The van der Waals surface area contributed by atoms with Crippen molar-refractivity contribution in [2.45, 2.75) is 71.6 Å². The fourth-order valence-electron chi connectivity index (χ4n) is 3.62. The standard InChI is InChI=1S/C21H34O2/c1-3-5-6-18-7-9-19(10-8-18)11-12-20-13-15-21(16-14-20)23-17-22-4-2/h13-16,18-19H,3-12,17H2,1-2H3/t18-,19-. The zero-order valence-corrected chi connectivity index (χ0v) is 15.1. The Hall–Kier alpha value is -1.02. The Labute approximate surface area is 142 Å². The van der Waals surface area contributed by atoms with E-state index in [4.69, 9.17) is 9.47 Å². The first-order valence-corrected chi connectivity index (χ1v) is 9.61. The smallest absolute Gasteiger partial charge is 0.189 e. The van der Waals surface area contributed by atoms with Crippen LogP contribution in [0.1, 0.15) is 70.8 Å². The van der Waals surface area contributed by atoms with E-state index >= 15 is 0 Å². The molecule has 0 aromatic heterocycles. The lowest BCUT2D eigenvalue weighted by Gasteiger charge is -2.28. The predicted octanol–water partition coefficient (Wildman–Crippen LogP) is 5.99. The Bertz CT molecular complexity index is 404. The van der Waals surface area contributed by atoms with Gasteiger partial charge in [0.25, 0.3) is 0 Å². The van der Waals surface area contributed by atoms with Crippen molar-refractivity contribution in [1.29, 1.82) is 0 Å². The average molecular weight is 319 g/mol. The van der Waals surface area contributed by atoms with Crippen LogP contribution in [0.5, 0.6) is 5.75 Å². The molecule has 0 atom stereocenters. The van der Waals surface area contributed by atoms with Crippen LogP contribution in [0.2, 0.25) is 0 Å². The monoisotopic (exact) mass is 318 g/mol. The highest BCUT2D eigenvalue weighted by Gasteiger charge is 2.20. The molecule has 2 heteroatoms. The quantitative estimate of drug-likeness (QED) is 0.390. The molecule has 1 aromatic rings. The van der Waals surface area contributed by atoms with Crippen LogP contribution in [0, 0.1) is 11.8 Å². The van der Waals surface area contributed by atoms with E-state index in [-0.39, 0.29) is 0 Å². The van der Waals surface area contributed by atoms with Crippen molar-refractivity contribution in [2.75, 3.05) is 13.4 Å². The van der Waals surface area contributed by atoms with Crippen molar-refractivity contribution < 1.29 is 9.47 Å². The highest BCUT2D eigenvalue weighted by molar-refractivity contribution is 5.27. The van der Waals surface area contributed by atoms with Gasteiger partial charge in [0.05, 0.1) is 0 Å². The van der Waals surface area contributed by atoms with E-state index < -0.39 is 0 Å². The molecule has 2 nitrogen and oxygen atoms in total. The zero-order valence-electron chi connectivity index (χ0n) is 15.1. The largest absolute Gasteiger partial charge is 0.468 e. The second-order valence-electron chi connectivity index (χ2n) is 6.97. The lowest BCUT2D eigenvalue weighted by Crippen LogP contribution is -2.15. The van der Waals surface area contributed by atoms with Crippen LogP contribution in [0.4, 0.5) is 0 Å². The molecule has 1 aromatic carbocycles. The SMILES string of the molecule is CCCC[C@H]1CC[C@H](CCc2ccc(OCOCC)cc2)CC1. The lowest BCUT2D eigenvalue weighted by atomic mass is 9.78. The fraction of sp³-hybridized carbons (Fsp3) is 0.714. The molecule has 0 bridgehead atoms. The predicted molar refractivity (Wildman–Crippen MR) is 96.9 cm³/mol. The Balaban J connectivity index is 1.64. The second-order valence-corrected chi connectivity index (χ2v) is 6.97. The molecule has 0 N–H and O–H groups in total. The third-order valence-electron chi connectivity index (χ3n) is 5.21. The molecule has 1 aliphatic carbocycles. The van der Waals surface area contributed by atoms with Crippen molar-refractivity contribution in [1.82, 2.24) is 0 Å². The normalized spacial score (nSPS) is 21.3. The van der Waals surface area contributed by atoms with E-state index in [1.807, 2.05) is 6.92 Å². The summed E-state index contributed by atoms with van der Waals surface area (Å²) in [5, 5.41) is 0. The van der Waals surface area contributed by atoms with Gasteiger partial charge in [-0.25, -0.2) is 0 Å². The van der Waals surface area contributed by atoms with Crippen LogP contribution in [-0.4, -0.2) is 13.4 Å². The van der Waals surface area contributed by atoms with Gasteiger partial charge in [-0.1, -0.05) is 64.0 Å². The highest BCUT2D eigenvalue weighted by Crippen LogP contribution is 2.34. The molecule has 23 heavy (non-hydrogen) atoms. The zero-order chi connectivity index (χ0) is 16.3. The van der Waals surface area contributed by atoms with E-state index in [0.717, 1.165) is 17.6 Å². The van der Waals surface area contributed by atoms with Gasteiger partial charge >= 0.3 is 0 Å². The fourth-order valence-corrected chi connectivity index (χ4v) is 3.62. The summed E-state index contributed by atoms with van der Waals surface area (Å²) >= 11 is 0. The molecule has 0 unspecified atom stereocenters. The van der Waals surface area contributed by atoms with Crippen LogP contribution in [0.3, 0.4) is 0 Å². The van der Waals surface area contributed by atoms with Crippen LogP contribution in [0.25, 0.3) is 0 Å². The number of unbranched alkanes of at least 4 members (excludes halogenated alkanes) is 1. The van der Waals surface area contributed by atoms with E-state index in [1.54, 1.807) is 0 Å². The molecule has 0 spiro atoms. The van der Waals surface area contributed by atoms with Gasteiger partial charge in [-0.3, -0.25) is 0 Å². The van der Waals surface area contributed by atoms with Crippen LogP contribution >= 0.6 is 0 Å². The van der Waals surface area contributed by atoms with Gasteiger partial charge in [0.15, 0.2) is 6.79 Å². The number of hydrogen-bond acceptors (Lipinski definition) is 2. The maximum atomic E-state index is 5.52. The lowest BCUT2D eigenvalue weighted by molar-refractivity contribution is 0.0224. The number of aryl methyl sites for hydroxylation is 1. The highest BCUT2D eigenvalue weighted by atomic mass is 16.7. The number of benzene rings is 1. The molecular weight excluding hydrogens is 284 g/mol. The first-order chi connectivity index (χ1) is 11.3. The first kappa shape index (κ1) is 18.3. The number of ether oxygens (including phenoxy) is 2. The van der Waals surface area contributed by atoms with Gasteiger partial charge in [-0.05, 0) is 49.3 Å². The van der Waals surface area contributed by atoms with Crippen molar-refractivity contribution >= 4 is 0 Å². The third kappa shape index (κ3) is 6.95. The molecule has 1 saturated carbocycles. The second kappa shape index (κ2) is 10.7. The molecular formula is C21H34O2. The Morgan fingerprint density at radius 3 is 2.17 bits per heavy atom.